The molecule has 3 fully saturated rings. The van der Waals surface area contributed by atoms with Crippen LogP contribution in [-0.4, -0.2) is 67.3 Å². The van der Waals surface area contributed by atoms with Gasteiger partial charge in [0.05, 0.1) is 15.8 Å². The molecule has 0 radical (unpaired) electrons. The number of pyridine rings is 1. The molecule has 13 heteroatoms. The summed E-state index contributed by atoms with van der Waals surface area (Å²) in [7, 11) is 0. The lowest BCUT2D eigenvalue weighted by Crippen LogP contribution is -2.44. The summed E-state index contributed by atoms with van der Waals surface area (Å²) in [4.78, 5) is 24.1. The van der Waals surface area contributed by atoms with Gasteiger partial charge in [-0.05, 0) is 75.6 Å². The minimum Gasteiger partial charge on any atom is -0.444 e. The lowest BCUT2D eigenvalue weighted by atomic mass is 9.96. The van der Waals surface area contributed by atoms with Crippen molar-refractivity contribution in [2.24, 2.45) is 11.8 Å². The van der Waals surface area contributed by atoms with E-state index in [1.807, 2.05) is 6.07 Å². The Bertz CT molecular complexity index is 1340. The van der Waals surface area contributed by atoms with E-state index in [1.54, 1.807) is 16.9 Å². The number of nitrogens with one attached hydrogen (secondary N) is 3. The van der Waals surface area contributed by atoms with E-state index >= 15 is 0 Å². The van der Waals surface area contributed by atoms with Crippen molar-refractivity contribution in [2.75, 3.05) is 43.4 Å². The third-order valence-corrected chi connectivity index (χ3v) is 9.46. The van der Waals surface area contributed by atoms with Crippen molar-refractivity contribution in [3.63, 3.8) is 0 Å². The van der Waals surface area contributed by atoms with Crippen LogP contribution < -0.4 is 16.0 Å². The molecule has 0 spiro atoms. The van der Waals surface area contributed by atoms with Crippen molar-refractivity contribution in [2.45, 2.75) is 55.0 Å². The molecule has 6 rings (SSSR count). The molecular weight excluding hydrogens is 645 g/mol. The van der Waals surface area contributed by atoms with Gasteiger partial charge in [-0.15, -0.1) is 0 Å². The van der Waals surface area contributed by atoms with Gasteiger partial charge in [0.25, 0.3) is 12.3 Å². The first kappa shape index (κ1) is 28.5. The number of oxazole rings is 1. The highest BCUT2D eigenvalue weighted by Crippen LogP contribution is 2.35. The predicted octanol–water partition coefficient (Wildman–Crippen LogP) is 5.34. The molecule has 10 nitrogen and oxygen atoms in total. The van der Waals surface area contributed by atoms with Crippen molar-refractivity contribution in [3.8, 4) is 11.5 Å². The Balaban J connectivity index is 1.10. The molecule has 2 saturated heterocycles. The van der Waals surface area contributed by atoms with Crippen LogP contribution >= 0.6 is 22.6 Å². The Morgan fingerprint density at radius 3 is 2.78 bits per heavy atom. The van der Waals surface area contributed by atoms with Crippen LogP contribution in [0.3, 0.4) is 0 Å². The Morgan fingerprint density at radius 1 is 1.20 bits per heavy atom. The first-order valence-corrected chi connectivity index (χ1v) is 15.6. The first-order valence-electron chi connectivity index (χ1n) is 14.4. The predicted molar refractivity (Wildman–Crippen MR) is 159 cm³/mol. The van der Waals surface area contributed by atoms with E-state index in [0.29, 0.717) is 27.3 Å². The number of anilines is 2. The maximum absolute atomic E-state index is 14.0. The molecule has 2 unspecified atom stereocenters. The molecule has 1 aliphatic carbocycles. The highest BCUT2D eigenvalue weighted by Gasteiger charge is 2.32. The highest BCUT2D eigenvalue weighted by molar-refractivity contribution is 14.1. The third kappa shape index (κ3) is 7.05. The van der Waals surface area contributed by atoms with Crippen LogP contribution in [0, 0.1) is 11.8 Å². The normalized spacial score (nSPS) is 22.2. The first-order chi connectivity index (χ1) is 19.9. The summed E-state index contributed by atoms with van der Waals surface area (Å²) in [5.74, 6) is 1.72. The minimum atomic E-state index is -2.83. The molecule has 2 aliphatic heterocycles. The summed E-state index contributed by atoms with van der Waals surface area (Å²) in [6, 6.07) is 3.54. The quantitative estimate of drug-likeness (QED) is 0.150. The molecule has 1 amide bonds. The summed E-state index contributed by atoms with van der Waals surface area (Å²) in [5, 5.41) is 13.5. The Hall–Kier alpha value is -2.65. The third-order valence-electron chi connectivity index (χ3n) is 8.17. The van der Waals surface area contributed by atoms with Crippen LogP contribution in [0.25, 0.3) is 11.5 Å². The van der Waals surface area contributed by atoms with Gasteiger partial charge in [-0.25, -0.2) is 18.7 Å². The van der Waals surface area contributed by atoms with Crippen molar-refractivity contribution >= 4 is 40.0 Å². The number of halogens is 3. The number of hydrogen-bond acceptors (Lipinski definition) is 8. The SMILES string of the molecule is O=C(Nc1cn(C2CCN(CC3CCNCC3)C(I)C2)nc1C(F)F)c1coc(-c2ccnc(NCC3CC3)c2)n1. The summed E-state index contributed by atoms with van der Waals surface area (Å²) >= 11 is 2.46. The van der Waals surface area contributed by atoms with Gasteiger partial charge in [0, 0.05) is 37.6 Å². The fourth-order valence-corrected chi connectivity index (χ4v) is 6.66. The number of aromatic nitrogens is 4. The molecule has 3 aliphatic rings. The zero-order valence-electron chi connectivity index (χ0n) is 22.7. The number of rotatable bonds is 10. The Morgan fingerprint density at radius 2 is 2.02 bits per heavy atom. The van der Waals surface area contributed by atoms with Gasteiger partial charge < -0.3 is 20.4 Å². The molecule has 5 heterocycles. The molecule has 3 N–H and O–H groups in total. The zero-order valence-corrected chi connectivity index (χ0v) is 24.9. The Kier molecular flexibility index (Phi) is 8.81. The number of carbonyl (C=O) groups is 1. The molecule has 3 aromatic heterocycles. The largest absolute Gasteiger partial charge is 0.444 e. The van der Waals surface area contributed by atoms with Gasteiger partial charge in [-0.2, -0.15) is 5.10 Å². The van der Waals surface area contributed by atoms with Crippen LogP contribution in [0.1, 0.15) is 67.2 Å². The van der Waals surface area contributed by atoms with Gasteiger partial charge in [-0.3, -0.25) is 14.4 Å². The van der Waals surface area contributed by atoms with Crippen molar-refractivity contribution in [1.29, 1.82) is 0 Å². The molecule has 3 aromatic rings. The Labute approximate surface area is 251 Å². The van der Waals surface area contributed by atoms with E-state index in [2.05, 4.69) is 58.5 Å². The van der Waals surface area contributed by atoms with E-state index < -0.39 is 18.0 Å². The fourth-order valence-electron chi connectivity index (χ4n) is 5.57. The molecule has 0 bridgehead atoms. The highest BCUT2D eigenvalue weighted by atomic mass is 127. The van der Waals surface area contributed by atoms with Gasteiger partial charge in [0.15, 0.2) is 11.4 Å². The number of likely N-dealkylation sites (tertiary alicyclic amines) is 1. The van der Waals surface area contributed by atoms with E-state index in [9.17, 15) is 13.6 Å². The van der Waals surface area contributed by atoms with E-state index in [1.165, 1.54) is 38.1 Å². The van der Waals surface area contributed by atoms with Crippen LogP contribution in [0.2, 0.25) is 0 Å². The van der Waals surface area contributed by atoms with Crippen LogP contribution in [0.4, 0.5) is 20.3 Å². The summed E-state index contributed by atoms with van der Waals surface area (Å²) in [5.41, 5.74) is 0.214. The maximum atomic E-state index is 14.0. The monoisotopic (exact) mass is 680 g/mol. The molecule has 220 valence electrons. The van der Waals surface area contributed by atoms with E-state index in [4.69, 9.17) is 4.42 Å². The number of alkyl halides is 3. The minimum absolute atomic E-state index is 0.00387. The van der Waals surface area contributed by atoms with Gasteiger partial charge >= 0.3 is 0 Å². The number of nitrogens with zero attached hydrogens (tertiary/aromatic N) is 5. The topological polar surface area (TPSA) is 113 Å². The van der Waals surface area contributed by atoms with Crippen molar-refractivity contribution in [1.82, 2.24) is 30.0 Å². The molecule has 2 atom stereocenters. The molecule has 41 heavy (non-hydrogen) atoms. The van der Waals surface area contributed by atoms with Gasteiger partial charge in [0.1, 0.15) is 12.1 Å². The number of amides is 1. The second-order valence-corrected chi connectivity index (χ2v) is 12.7. The van der Waals surface area contributed by atoms with Gasteiger partial charge in [0.2, 0.25) is 5.89 Å². The van der Waals surface area contributed by atoms with Crippen LogP contribution in [0.15, 0.2) is 35.2 Å². The average Bonchev–Trinajstić information content (AvgIpc) is 3.49. The second kappa shape index (κ2) is 12.7. The van der Waals surface area contributed by atoms with Gasteiger partial charge in [-0.1, -0.05) is 22.6 Å². The van der Waals surface area contributed by atoms with E-state index in [0.717, 1.165) is 45.6 Å². The van der Waals surface area contributed by atoms with Crippen molar-refractivity contribution < 1.29 is 18.0 Å². The van der Waals surface area contributed by atoms with Crippen molar-refractivity contribution in [3.05, 3.63) is 42.2 Å². The number of hydrogen-bond donors (Lipinski definition) is 3. The molecule has 1 saturated carbocycles. The number of piperidine rings is 2. The second-order valence-electron chi connectivity index (χ2n) is 11.3. The lowest BCUT2D eigenvalue weighted by Gasteiger charge is -2.39. The standard InChI is InChI=1S/C28H35F2IN8O2/c29-26(30)25-21(15-39(37-25)20-6-10-38(23(31)12-20)14-18-3-7-32-8-4-18)35-27(40)22-16-41-28(36-22)19-5-9-33-24(11-19)34-13-17-1-2-17/h5,9,11,15-18,20,23,26,32H,1-4,6-8,10,12-14H2,(H,33,34)(H,35,40). The van der Waals surface area contributed by atoms with Crippen LogP contribution in [-0.2, 0) is 0 Å². The fraction of sp³-hybridized carbons (Fsp3) is 0.571. The van der Waals surface area contributed by atoms with E-state index in [-0.39, 0.29) is 23.3 Å². The zero-order chi connectivity index (χ0) is 28.3. The molecule has 0 aromatic carbocycles. The summed E-state index contributed by atoms with van der Waals surface area (Å²) in [6.07, 6.45) is 8.04. The average molecular weight is 681 g/mol. The smallest absolute Gasteiger partial charge is 0.284 e. The summed E-state index contributed by atoms with van der Waals surface area (Å²) in [6.45, 7) is 4.98. The molecular formula is C28H35F2IN8O2. The number of carbonyl (C=O) groups excluding carboxylic acids is 1. The summed E-state index contributed by atoms with van der Waals surface area (Å²) < 4.78 is 35.4. The lowest BCUT2D eigenvalue weighted by molar-refractivity contribution is 0.102. The maximum Gasteiger partial charge on any atom is 0.284 e. The van der Waals surface area contributed by atoms with Crippen LogP contribution in [0.5, 0.6) is 0 Å².